The van der Waals surface area contributed by atoms with Crippen LogP contribution in [0.5, 0.6) is 0 Å². The first-order valence-electron chi connectivity index (χ1n) is 4.88. The molecule has 1 aromatic heterocycles. The smallest absolute Gasteiger partial charge is 0.135 e. The first-order valence-corrected chi connectivity index (χ1v) is 4.88. The molecule has 3 rings (SSSR count). The van der Waals surface area contributed by atoms with Crippen molar-refractivity contribution in [2.45, 2.75) is 0 Å². The minimum Gasteiger partial charge on any atom is -0.456 e. The molecule has 0 unspecified atom stereocenters. The molecule has 0 aliphatic carbocycles. The predicted octanol–water partition coefficient (Wildman–Crippen LogP) is 3.90. The fraction of sp³-hybridized carbons (Fsp3) is 0. The molecule has 71 valence electrons. The van der Waals surface area contributed by atoms with Crippen molar-refractivity contribution >= 4 is 11.0 Å². The van der Waals surface area contributed by atoms with Gasteiger partial charge in [0.2, 0.25) is 0 Å². The predicted molar refractivity (Wildman–Crippen MR) is 60.5 cm³/mol. The number of benzene rings is 2. The fourth-order valence-corrected chi connectivity index (χ4v) is 1.68. The second-order valence-electron chi connectivity index (χ2n) is 3.44. The van der Waals surface area contributed by atoms with Crippen LogP contribution in [0.1, 0.15) is 0 Å². The maximum atomic E-state index is 5.74. The van der Waals surface area contributed by atoms with Crippen molar-refractivity contribution in [3.05, 3.63) is 60.7 Å². The lowest BCUT2D eigenvalue weighted by molar-refractivity contribution is 0.631. The second-order valence-corrected chi connectivity index (χ2v) is 3.44. The SMILES string of the molecule is [c]1ccc(-c2cc3ccccc3o2)cc1. The molecule has 1 heterocycles. The summed E-state index contributed by atoms with van der Waals surface area (Å²) in [6.07, 6.45) is 0. The van der Waals surface area contributed by atoms with Crippen LogP contribution in [0.4, 0.5) is 0 Å². The molecule has 0 saturated carbocycles. The molecule has 0 spiro atoms. The van der Waals surface area contributed by atoms with Crippen LogP contribution in [-0.4, -0.2) is 0 Å². The van der Waals surface area contributed by atoms with Crippen LogP contribution >= 0.6 is 0 Å². The van der Waals surface area contributed by atoms with Gasteiger partial charge in [0.05, 0.1) is 0 Å². The summed E-state index contributed by atoms with van der Waals surface area (Å²) in [6.45, 7) is 0. The molecule has 2 aromatic carbocycles. The Kier molecular flexibility index (Phi) is 1.82. The van der Waals surface area contributed by atoms with Crippen LogP contribution in [0, 0.1) is 6.07 Å². The third-order valence-electron chi connectivity index (χ3n) is 2.43. The molecule has 1 nitrogen and oxygen atoms in total. The normalized spacial score (nSPS) is 10.7. The van der Waals surface area contributed by atoms with E-state index >= 15 is 0 Å². The summed E-state index contributed by atoms with van der Waals surface area (Å²) in [5, 5.41) is 1.14. The molecule has 1 heteroatoms. The summed E-state index contributed by atoms with van der Waals surface area (Å²) < 4.78 is 5.74. The first-order chi connectivity index (χ1) is 7.43. The highest BCUT2D eigenvalue weighted by atomic mass is 16.3. The van der Waals surface area contributed by atoms with Gasteiger partial charge >= 0.3 is 0 Å². The summed E-state index contributed by atoms with van der Waals surface area (Å²) in [4.78, 5) is 0. The largest absolute Gasteiger partial charge is 0.456 e. The molecule has 0 fully saturated rings. The van der Waals surface area contributed by atoms with Gasteiger partial charge in [-0.1, -0.05) is 42.5 Å². The van der Waals surface area contributed by atoms with Crippen molar-refractivity contribution in [3.8, 4) is 11.3 Å². The summed E-state index contributed by atoms with van der Waals surface area (Å²) in [5.74, 6) is 0.908. The highest BCUT2D eigenvalue weighted by Gasteiger charge is 2.03. The van der Waals surface area contributed by atoms with Gasteiger partial charge in [0.25, 0.3) is 0 Å². The van der Waals surface area contributed by atoms with E-state index < -0.39 is 0 Å². The number of fused-ring (bicyclic) bond motifs is 1. The minimum absolute atomic E-state index is 0.908. The molecular weight excluding hydrogens is 184 g/mol. The average molecular weight is 193 g/mol. The molecule has 15 heavy (non-hydrogen) atoms. The van der Waals surface area contributed by atoms with Gasteiger partial charge in [-0.3, -0.25) is 0 Å². The Labute approximate surface area is 88.0 Å². The van der Waals surface area contributed by atoms with E-state index in [2.05, 4.69) is 18.2 Å². The van der Waals surface area contributed by atoms with Gasteiger partial charge < -0.3 is 4.42 Å². The summed E-state index contributed by atoms with van der Waals surface area (Å²) in [5.41, 5.74) is 2.02. The number of furan rings is 1. The van der Waals surface area contributed by atoms with E-state index in [0.29, 0.717) is 0 Å². The first kappa shape index (κ1) is 8.30. The molecule has 0 aliphatic rings. The van der Waals surface area contributed by atoms with Crippen molar-refractivity contribution in [3.63, 3.8) is 0 Å². The Morgan fingerprint density at radius 1 is 0.933 bits per heavy atom. The van der Waals surface area contributed by atoms with Crippen molar-refractivity contribution in [1.29, 1.82) is 0 Å². The van der Waals surface area contributed by atoms with Gasteiger partial charge in [0, 0.05) is 10.9 Å². The van der Waals surface area contributed by atoms with Crippen molar-refractivity contribution < 1.29 is 4.42 Å². The Morgan fingerprint density at radius 2 is 1.73 bits per heavy atom. The topological polar surface area (TPSA) is 13.1 Å². The van der Waals surface area contributed by atoms with E-state index in [1.54, 1.807) is 0 Å². The van der Waals surface area contributed by atoms with E-state index in [1.165, 1.54) is 0 Å². The van der Waals surface area contributed by atoms with Crippen molar-refractivity contribution in [2.75, 3.05) is 0 Å². The van der Waals surface area contributed by atoms with E-state index in [1.807, 2.05) is 42.5 Å². The van der Waals surface area contributed by atoms with Gasteiger partial charge in [0.1, 0.15) is 11.3 Å². The fourth-order valence-electron chi connectivity index (χ4n) is 1.68. The number of hydrogen-bond donors (Lipinski definition) is 0. The standard InChI is InChI=1S/C14H9O/c1-2-6-11(7-3-1)14-10-12-8-4-5-9-13(12)15-14/h2-10H. The summed E-state index contributed by atoms with van der Waals surface area (Å²) in [7, 11) is 0. The number of rotatable bonds is 1. The van der Waals surface area contributed by atoms with E-state index in [9.17, 15) is 0 Å². The number of para-hydroxylation sites is 1. The molecule has 0 atom stereocenters. The highest BCUT2D eigenvalue weighted by Crippen LogP contribution is 2.26. The van der Waals surface area contributed by atoms with Gasteiger partial charge in [-0.2, -0.15) is 0 Å². The Bertz CT molecular complexity index is 545. The Balaban J connectivity index is 2.21. The van der Waals surface area contributed by atoms with Gasteiger partial charge in [-0.05, 0) is 18.2 Å². The summed E-state index contributed by atoms with van der Waals surface area (Å²) >= 11 is 0. The van der Waals surface area contributed by atoms with Crippen LogP contribution in [0.3, 0.4) is 0 Å². The second kappa shape index (κ2) is 3.28. The maximum absolute atomic E-state index is 5.74. The van der Waals surface area contributed by atoms with Crippen LogP contribution in [0.2, 0.25) is 0 Å². The maximum Gasteiger partial charge on any atom is 0.135 e. The minimum atomic E-state index is 0.908. The van der Waals surface area contributed by atoms with E-state index in [-0.39, 0.29) is 0 Å². The third-order valence-corrected chi connectivity index (χ3v) is 2.43. The van der Waals surface area contributed by atoms with Crippen LogP contribution in [-0.2, 0) is 0 Å². The lowest BCUT2D eigenvalue weighted by atomic mass is 10.1. The molecule has 0 bridgehead atoms. The Hall–Kier alpha value is -2.02. The zero-order valence-electron chi connectivity index (χ0n) is 8.10. The highest BCUT2D eigenvalue weighted by molar-refractivity contribution is 5.82. The lowest BCUT2D eigenvalue weighted by Crippen LogP contribution is -1.69. The van der Waals surface area contributed by atoms with Crippen molar-refractivity contribution in [2.24, 2.45) is 0 Å². The molecule has 0 saturated heterocycles. The monoisotopic (exact) mass is 193 g/mol. The van der Waals surface area contributed by atoms with E-state index in [0.717, 1.165) is 22.3 Å². The quantitative estimate of drug-likeness (QED) is 0.571. The molecule has 0 N–H and O–H groups in total. The van der Waals surface area contributed by atoms with Gasteiger partial charge in [-0.15, -0.1) is 0 Å². The van der Waals surface area contributed by atoms with E-state index in [4.69, 9.17) is 4.42 Å². The molecule has 3 aromatic rings. The van der Waals surface area contributed by atoms with Gasteiger partial charge in [0.15, 0.2) is 0 Å². The number of hydrogen-bond acceptors (Lipinski definition) is 1. The van der Waals surface area contributed by atoms with Crippen LogP contribution < -0.4 is 0 Å². The zero-order valence-corrected chi connectivity index (χ0v) is 8.10. The zero-order chi connectivity index (χ0) is 10.1. The molecule has 0 amide bonds. The van der Waals surface area contributed by atoms with Crippen LogP contribution in [0.25, 0.3) is 22.3 Å². The Morgan fingerprint density at radius 3 is 2.53 bits per heavy atom. The average Bonchev–Trinajstić information content (AvgIpc) is 2.74. The van der Waals surface area contributed by atoms with Crippen molar-refractivity contribution in [1.82, 2.24) is 0 Å². The lowest BCUT2D eigenvalue weighted by Gasteiger charge is -1.93. The van der Waals surface area contributed by atoms with Crippen LogP contribution in [0.15, 0.2) is 59.0 Å². The molecular formula is C14H9O. The molecule has 1 radical (unpaired) electrons. The molecule has 0 aliphatic heterocycles. The van der Waals surface area contributed by atoms with Gasteiger partial charge in [-0.25, -0.2) is 0 Å². The third kappa shape index (κ3) is 1.42. The summed E-state index contributed by atoms with van der Waals surface area (Å²) in [6, 6.07) is 20.9.